The Morgan fingerprint density at radius 3 is 2.59 bits per heavy atom. The summed E-state index contributed by atoms with van der Waals surface area (Å²) in [4.78, 5) is 2.51. The molecule has 1 N–H and O–H groups in total. The van der Waals surface area contributed by atoms with Crippen LogP contribution >= 0.6 is 0 Å². The van der Waals surface area contributed by atoms with Gasteiger partial charge in [-0.2, -0.15) is 0 Å². The van der Waals surface area contributed by atoms with Crippen molar-refractivity contribution in [2.45, 2.75) is 47.0 Å². The van der Waals surface area contributed by atoms with Crippen LogP contribution in [-0.2, 0) is 0 Å². The fraction of sp³-hybridized carbons (Fsp3) is 1.00. The Balaban J connectivity index is 2.14. The molecule has 0 heterocycles. The van der Waals surface area contributed by atoms with Crippen LogP contribution in [0.3, 0.4) is 0 Å². The van der Waals surface area contributed by atoms with Crippen LogP contribution in [0, 0.1) is 17.3 Å². The molecule has 0 bridgehead atoms. The normalized spacial score (nSPS) is 23.8. The van der Waals surface area contributed by atoms with Crippen LogP contribution in [0.1, 0.15) is 47.0 Å². The summed E-state index contributed by atoms with van der Waals surface area (Å²) in [5.74, 6) is 1.66. The molecule has 2 nitrogen and oxygen atoms in total. The lowest BCUT2D eigenvalue weighted by Gasteiger charge is -2.31. The van der Waals surface area contributed by atoms with E-state index in [2.05, 4.69) is 45.0 Å². The Hall–Kier alpha value is -0.0800. The van der Waals surface area contributed by atoms with E-state index in [1.807, 2.05) is 0 Å². The van der Waals surface area contributed by atoms with Gasteiger partial charge in [-0.05, 0) is 43.7 Å². The first-order valence-electron chi connectivity index (χ1n) is 7.31. The molecule has 0 aromatic rings. The minimum Gasteiger partial charge on any atom is -0.315 e. The van der Waals surface area contributed by atoms with Gasteiger partial charge in [0.1, 0.15) is 0 Å². The molecule has 0 amide bonds. The lowest BCUT2D eigenvalue weighted by atomic mass is 9.81. The quantitative estimate of drug-likeness (QED) is 0.688. The Morgan fingerprint density at radius 1 is 1.35 bits per heavy atom. The topological polar surface area (TPSA) is 15.3 Å². The van der Waals surface area contributed by atoms with Crippen LogP contribution in [0.5, 0.6) is 0 Å². The molecule has 0 saturated heterocycles. The lowest BCUT2D eigenvalue weighted by Crippen LogP contribution is -2.36. The van der Waals surface area contributed by atoms with Crippen molar-refractivity contribution in [3.8, 4) is 0 Å². The van der Waals surface area contributed by atoms with E-state index in [1.54, 1.807) is 0 Å². The van der Waals surface area contributed by atoms with Crippen molar-refractivity contribution in [3.05, 3.63) is 0 Å². The first kappa shape index (κ1) is 15.0. The van der Waals surface area contributed by atoms with Gasteiger partial charge in [0.05, 0.1) is 0 Å². The molecule has 1 unspecified atom stereocenters. The van der Waals surface area contributed by atoms with Crippen molar-refractivity contribution in [3.63, 3.8) is 0 Å². The van der Waals surface area contributed by atoms with E-state index in [4.69, 9.17) is 0 Å². The van der Waals surface area contributed by atoms with Gasteiger partial charge in [-0.3, -0.25) is 0 Å². The van der Waals surface area contributed by atoms with Crippen molar-refractivity contribution in [1.82, 2.24) is 10.2 Å². The molecule has 0 spiro atoms. The summed E-state index contributed by atoms with van der Waals surface area (Å²) in [6.45, 7) is 14.1. The largest absolute Gasteiger partial charge is 0.315 e. The monoisotopic (exact) mass is 240 g/mol. The van der Waals surface area contributed by atoms with Gasteiger partial charge in [0.2, 0.25) is 0 Å². The van der Waals surface area contributed by atoms with Crippen LogP contribution in [0.25, 0.3) is 0 Å². The average Bonchev–Trinajstić information content (AvgIpc) is 2.53. The summed E-state index contributed by atoms with van der Waals surface area (Å²) >= 11 is 0. The molecule has 102 valence electrons. The molecule has 1 saturated carbocycles. The van der Waals surface area contributed by atoms with Gasteiger partial charge in [0.25, 0.3) is 0 Å². The molecule has 2 heteroatoms. The maximum absolute atomic E-state index is 3.52. The van der Waals surface area contributed by atoms with E-state index < -0.39 is 0 Å². The lowest BCUT2D eigenvalue weighted by molar-refractivity contribution is 0.183. The first-order valence-corrected chi connectivity index (χ1v) is 7.31. The molecule has 0 aromatic heterocycles. The highest BCUT2D eigenvalue weighted by Crippen LogP contribution is 2.42. The maximum atomic E-state index is 3.52. The van der Waals surface area contributed by atoms with E-state index in [0.717, 1.165) is 24.9 Å². The van der Waals surface area contributed by atoms with Gasteiger partial charge in [-0.1, -0.05) is 34.1 Å². The Bertz CT molecular complexity index is 211. The van der Waals surface area contributed by atoms with Crippen molar-refractivity contribution in [2.24, 2.45) is 17.3 Å². The van der Waals surface area contributed by atoms with Crippen LogP contribution in [-0.4, -0.2) is 38.1 Å². The molecular formula is C15H32N2. The van der Waals surface area contributed by atoms with Crippen molar-refractivity contribution < 1.29 is 0 Å². The van der Waals surface area contributed by atoms with Gasteiger partial charge in [0, 0.05) is 19.6 Å². The van der Waals surface area contributed by atoms with E-state index in [-0.39, 0.29) is 0 Å². The maximum Gasteiger partial charge on any atom is 0.0104 e. The molecule has 0 aliphatic heterocycles. The second-order valence-corrected chi connectivity index (χ2v) is 6.94. The minimum atomic E-state index is 0.569. The summed E-state index contributed by atoms with van der Waals surface area (Å²) in [6, 6.07) is 0. The SMILES string of the molecule is CC(C)CNCCN(C)CC1CCCC1(C)C. The number of rotatable bonds is 7. The third-order valence-electron chi connectivity index (χ3n) is 4.23. The number of hydrogen-bond donors (Lipinski definition) is 1. The molecule has 1 aliphatic rings. The number of hydrogen-bond acceptors (Lipinski definition) is 2. The van der Waals surface area contributed by atoms with Crippen LogP contribution < -0.4 is 5.32 Å². The molecule has 0 aromatic carbocycles. The molecule has 17 heavy (non-hydrogen) atoms. The van der Waals surface area contributed by atoms with E-state index in [1.165, 1.54) is 32.4 Å². The van der Waals surface area contributed by atoms with Crippen LogP contribution in [0.4, 0.5) is 0 Å². The van der Waals surface area contributed by atoms with Crippen molar-refractivity contribution >= 4 is 0 Å². The Kier molecular flexibility index (Phi) is 5.94. The minimum absolute atomic E-state index is 0.569. The third-order valence-corrected chi connectivity index (χ3v) is 4.23. The summed E-state index contributed by atoms with van der Waals surface area (Å²) in [6.07, 6.45) is 4.27. The van der Waals surface area contributed by atoms with Gasteiger partial charge < -0.3 is 10.2 Å². The first-order chi connectivity index (χ1) is 7.92. The standard InChI is InChI=1S/C15H32N2/c1-13(2)11-16-9-10-17(5)12-14-7-6-8-15(14,3)4/h13-14,16H,6-12H2,1-5H3. The van der Waals surface area contributed by atoms with Gasteiger partial charge in [-0.25, -0.2) is 0 Å². The zero-order valence-electron chi connectivity index (χ0n) is 12.6. The highest BCUT2D eigenvalue weighted by Gasteiger charge is 2.34. The zero-order chi connectivity index (χ0) is 12.9. The second kappa shape index (κ2) is 6.75. The molecule has 1 rings (SSSR count). The van der Waals surface area contributed by atoms with Crippen molar-refractivity contribution in [1.29, 1.82) is 0 Å². The predicted octanol–water partition coefficient (Wildman–Crippen LogP) is 2.99. The molecule has 1 aliphatic carbocycles. The van der Waals surface area contributed by atoms with Gasteiger partial charge in [-0.15, -0.1) is 0 Å². The van der Waals surface area contributed by atoms with Crippen molar-refractivity contribution in [2.75, 3.05) is 33.2 Å². The average molecular weight is 240 g/mol. The molecule has 0 radical (unpaired) electrons. The van der Waals surface area contributed by atoms with Crippen LogP contribution in [0.15, 0.2) is 0 Å². The number of likely N-dealkylation sites (N-methyl/N-ethyl adjacent to an activating group) is 1. The van der Waals surface area contributed by atoms with Gasteiger partial charge >= 0.3 is 0 Å². The van der Waals surface area contributed by atoms with Crippen LogP contribution in [0.2, 0.25) is 0 Å². The fourth-order valence-electron chi connectivity index (χ4n) is 2.87. The number of nitrogens with zero attached hydrogens (tertiary/aromatic N) is 1. The highest BCUT2D eigenvalue weighted by atomic mass is 15.1. The van der Waals surface area contributed by atoms with E-state index in [0.29, 0.717) is 5.41 Å². The third kappa shape index (κ3) is 5.39. The Labute approximate surface area is 108 Å². The fourth-order valence-corrected chi connectivity index (χ4v) is 2.87. The van der Waals surface area contributed by atoms with E-state index in [9.17, 15) is 0 Å². The summed E-state index contributed by atoms with van der Waals surface area (Å²) < 4.78 is 0. The predicted molar refractivity (Wildman–Crippen MR) is 76.3 cm³/mol. The summed E-state index contributed by atoms with van der Waals surface area (Å²) in [7, 11) is 2.27. The smallest absolute Gasteiger partial charge is 0.0104 e. The Morgan fingerprint density at radius 2 is 2.06 bits per heavy atom. The van der Waals surface area contributed by atoms with Gasteiger partial charge in [0.15, 0.2) is 0 Å². The molecule has 1 fully saturated rings. The second-order valence-electron chi connectivity index (χ2n) is 6.94. The number of nitrogens with one attached hydrogen (secondary N) is 1. The summed E-state index contributed by atoms with van der Waals surface area (Å²) in [5.41, 5.74) is 0.569. The molecular weight excluding hydrogens is 208 g/mol. The zero-order valence-corrected chi connectivity index (χ0v) is 12.6. The summed E-state index contributed by atoms with van der Waals surface area (Å²) in [5, 5.41) is 3.52. The van der Waals surface area contributed by atoms with E-state index >= 15 is 0 Å². The highest BCUT2D eigenvalue weighted by molar-refractivity contribution is 4.86. The molecule has 1 atom stereocenters.